The van der Waals surface area contributed by atoms with Crippen LogP contribution in [0.15, 0.2) is 0 Å². The van der Waals surface area contributed by atoms with Crippen molar-refractivity contribution in [2.75, 3.05) is 47.1 Å². The summed E-state index contributed by atoms with van der Waals surface area (Å²) in [6, 6.07) is 0. The minimum absolute atomic E-state index is 0.0601. The second kappa shape index (κ2) is 9.08. The number of carbonyl (C=O) groups is 1. The molecule has 0 spiro atoms. The van der Waals surface area contributed by atoms with E-state index in [2.05, 4.69) is 20.7 Å². The molecule has 15 heavy (non-hydrogen) atoms. The number of esters is 1. The fourth-order valence-corrected chi connectivity index (χ4v) is 1.68. The molecule has 5 nitrogen and oxygen atoms in total. The van der Waals surface area contributed by atoms with Crippen LogP contribution in [0.25, 0.3) is 0 Å². The summed E-state index contributed by atoms with van der Waals surface area (Å²) in [6.07, 6.45) is 0. The Morgan fingerprint density at radius 1 is 1.47 bits per heavy atom. The summed E-state index contributed by atoms with van der Waals surface area (Å²) in [7, 11) is 2.96. The molecule has 1 N–H and O–H groups in total. The van der Waals surface area contributed by atoms with Crippen LogP contribution in [0.4, 0.5) is 0 Å². The summed E-state index contributed by atoms with van der Waals surface area (Å²) < 4.78 is 9.52. The Morgan fingerprint density at radius 2 is 2.13 bits per heavy atom. The van der Waals surface area contributed by atoms with Crippen LogP contribution in [-0.4, -0.2) is 67.9 Å². The monoisotopic (exact) mass is 283 g/mol. The van der Waals surface area contributed by atoms with Gasteiger partial charge in [0.1, 0.15) is 4.83 Å². The van der Waals surface area contributed by atoms with E-state index >= 15 is 0 Å². The molecule has 0 aromatic carbocycles. The maximum absolute atomic E-state index is 11.1. The van der Waals surface area contributed by atoms with Gasteiger partial charge in [-0.15, -0.1) is 0 Å². The molecule has 0 aliphatic rings. The lowest BCUT2D eigenvalue weighted by Gasteiger charge is -2.22. The van der Waals surface area contributed by atoms with Gasteiger partial charge in [-0.3, -0.25) is 9.69 Å². The molecule has 0 amide bonds. The largest absolute Gasteiger partial charge is 0.468 e. The number of aliphatic hydroxyl groups excluding tert-OH is 1. The van der Waals surface area contributed by atoms with E-state index in [4.69, 9.17) is 9.84 Å². The Hall–Kier alpha value is -0.170. The summed E-state index contributed by atoms with van der Waals surface area (Å²) in [5.74, 6) is -0.310. The Balaban J connectivity index is 3.96. The van der Waals surface area contributed by atoms with Crippen molar-refractivity contribution in [3.8, 4) is 0 Å². The van der Waals surface area contributed by atoms with Crippen molar-refractivity contribution >= 4 is 21.9 Å². The summed E-state index contributed by atoms with van der Waals surface area (Å²) in [4.78, 5) is 12.7. The minimum Gasteiger partial charge on any atom is -0.468 e. The lowest BCUT2D eigenvalue weighted by atomic mass is 10.3. The van der Waals surface area contributed by atoms with E-state index in [9.17, 15) is 4.79 Å². The van der Waals surface area contributed by atoms with Gasteiger partial charge < -0.3 is 14.6 Å². The molecule has 0 saturated heterocycles. The van der Waals surface area contributed by atoms with Crippen LogP contribution in [0.2, 0.25) is 0 Å². The molecule has 0 radical (unpaired) electrons. The van der Waals surface area contributed by atoms with Gasteiger partial charge in [0, 0.05) is 26.7 Å². The standard InChI is InChI=1S/C9H18BrNO4/c1-14-6-4-11(3-5-12)7-8(10)9(13)15-2/h8,12H,3-7H2,1-2H3. The van der Waals surface area contributed by atoms with Crippen LogP contribution >= 0.6 is 15.9 Å². The summed E-state index contributed by atoms with van der Waals surface area (Å²) in [5, 5.41) is 8.83. The maximum atomic E-state index is 11.1. The molecule has 0 aliphatic heterocycles. The van der Waals surface area contributed by atoms with Crippen LogP contribution in [-0.2, 0) is 14.3 Å². The Kier molecular flexibility index (Phi) is 8.98. The number of hydrogen-bond donors (Lipinski definition) is 1. The smallest absolute Gasteiger partial charge is 0.320 e. The average Bonchev–Trinajstić information content (AvgIpc) is 2.24. The first kappa shape index (κ1) is 14.8. The predicted octanol–water partition coefficient (Wildman–Crippen LogP) is -0.136. The molecule has 90 valence electrons. The summed E-state index contributed by atoms with van der Waals surface area (Å²) in [5.41, 5.74) is 0. The summed E-state index contributed by atoms with van der Waals surface area (Å²) >= 11 is 3.23. The number of rotatable bonds is 8. The molecule has 0 fully saturated rings. The Bertz CT molecular complexity index is 179. The van der Waals surface area contributed by atoms with Crippen molar-refractivity contribution in [3.63, 3.8) is 0 Å². The highest BCUT2D eigenvalue weighted by atomic mass is 79.9. The fraction of sp³-hybridized carbons (Fsp3) is 0.889. The molecule has 0 aromatic rings. The molecule has 1 atom stereocenters. The maximum Gasteiger partial charge on any atom is 0.320 e. The van der Waals surface area contributed by atoms with Gasteiger partial charge in [0.15, 0.2) is 0 Å². The third kappa shape index (κ3) is 6.83. The van der Waals surface area contributed by atoms with Gasteiger partial charge in [-0.1, -0.05) is 15.9 Å². The normalized spacial score (nSPS) is 12.9. The number of halogens is 1. The van der Waals surface area contributed by atoms with Crippen LogP contribution < -0.4 is 0 Å². The number of carbonyl (C=O) groups excluding carboxylic acids is 1. The lowest BCUT2D eigenvalue weighted by molar-refractivity contribution is -0.140. The SMILES string of the molecule is COCCN(CCO)CC(Br)C(=O)OC. The molecule has 0 bridgehead atoms. The van der Waals surface area contributed by atoms with Gasteiger partial charge in [-0.25, -0.2) is 0 Å². The first-order chi connectivity index (χ1) is 7.15. The number of alkyl halides is 1. The fourth-order valence-electron chi connectivity index (χ4n) is 1.09. The molecule has 1 unspecified atom stereocenters. The van der Waals surface area contributed by atoms with Crippen molar-refractivity contribution in [2.24, 2.45) is 0 Å². The van der Waals surface area contributed by atoms with E-state index in [1.165, 1.54) is 7.11 Å². The van der Waals surface area contributed by atoms with E-state index in [0.717, 1.165) is 0 Å². The first-order valence-corrected chi connectivity index (χ1v) is 5.61. The first-order valence-electron chi connectivity index (χ1n) is 4.69. The van der Waals surface area contributed by atoms with Gasteiger partial charge in [0.2, 0.25) is 0 Å². The molecular weight excluding hydrogens is 266 g/mol. The van der Waals surface area contributed by atoms with Gasteiger partial charge in [-0.05, 0) is 0 Å². The molecule has 0 aliphatic carbocycles. The molecule has 0 rings (SSSR count). The zero-order valence-electron chi connectivity index (χ0n) is 9.11. The third-order valence-corrected chi connectivity index (χ3v) is 2.57. The van der Waals surface area contributed by atoms with Gasteiger partial charge >= 0.3 is 5.97 Å². The van der Waals surface area contributed by atoms with Crippen molar-refractivity contribution in [2.45, 2.75) is 4.83 Å². The Morgan fingerprint density at radius 3 is 2.60 bits per heavy atom. The molecule has 0 aromatic heterocycles. The molecular formula is C9H18BrNO4. The molecule has 0 saturated carbocycles. The highest BCUT2D eigenvalue weighted by Crippen LogP contribution is 2.04. The van der Waals surface area contributed by atoms with Crippen molar-refractivity contribution < 1.29 is 19.4 Å². The van der Waals surface area contributed by atoms with E-state index in [1.807, 2.05) is 4.90 Å². The predicted molar refractivity (Wildman–Crippen MR) is 60.1 cm³/mol. The Labute approximate surface area is 98.5 Å². The van der Waals surface area contributed by atoms with E-state index in [-0.39, 0.29) is 17.4 Å². The quantitative estimate of drug-likeness (QED) is 0.497. The molecule has 0 heterocycles. The third-order valence-electron chi connectivity index (χ3n) is 1.90. The topological polar surface area (TPSA) is 59.0 Å². The second-order valence-electron chi connectivity index (χ2n) is 3.01. The van der Waals surface area contributed by atoms with Gasteiger partial charge in [0.05, 0.1) is 20.3 Å². The van der Waals surface area contributed by atoms with Crippen molar-refractivity contribution in [1.82, 2.24) is 4.90 Å². The van der Waals surface area contributed by atoms with Crippen molar-refractivity contribution in [3.05, 3.63) is 0 Å². The molecule has 6 heteroatoms. The van der Waals surface area contributed by atoms with Gasteiger partial charge in [0.25, 0.3) is 0 Å². The van der Waals surface area contributed by atoms with E-state index in [0.29, 0.717) is 26.2 Å². The highest BCUT2D eigenvalue weighted by Gasteiger charge is 2.18. The lowest BCUT2D eigenvalue weighted by Crippen LogP contribution is -2.38. The number of nitrogens with zero attached hydrogens (tertiary/aromatic N) is 1. The van der Waals surface area contributed by atoms with Gasteiger partial charge in [-0.2, -0.15) is 0 Å². The highest BCUT2D eigenvalue weighted by molar-refractivity contribution is 9.10. The van der Waals surface area contributed by atoms with E-state index < -0.39 is 0 Å². The zero-order valence-corrected chi connectivity index (χ0v) is 10.7. The zero-order chi connectivity index (χ0) is 11.7. The minimum atomic E-state index is -0.370. The van der Waals surface area contributed by atoms with Crippen LogP contribution in [0.3, 0.4) is 0 Å². The van der Waals surface area contributed by atoms with Crippen LogP contribution in [0.5, 0.6) is 0 Å². The number of ether oxygens (including phenoxy) is 2. The van der Waals surface area contributed by atoms with Crippen LogP contribution in [0.1, 0.15) is 0 Å². The van der Waals surface area contributed by atoms with Crippen LogP contribution in [0, 0.1) is 0 Å². The second-order valence-corrected chi connectivity index (χ2v) is 4.11. The summed E-state index contributed by atoms with van der Waals surface area (Å²) in [6.45, 7) is 2.32. The van der Waals surface area contributed by atoms with Crippen molar-refractivity contribution in [1.29, 1.82) is 0 Å². The van der Waals surface area contributed by atoms with E-state index in [1.54, 1.807) is 7.11 Å². The average molecular weight is 284 g/mol. The number of methoxy groups -OCH3 is 2. The number of hydrogen-bond acceptors (Lipinski definition) is 5. The number of aliphatic hydroxyl groups is 1.